The number of benzene rings is 3. The molecule has 0 unspecified atom stereocenters. The highest BCUT2D eigenvalue weighted by Crippen LogP contribution is 2.33. The van der Waals surface area contributed by atoms with Gasteiger partial charge in [0.2, 0.25) is 0 Å². The lowest BCUT2D eigenvalue weighted by molar-refractivity contribution is -0.119. The predicted molar refractivity (Wildman–Crippen MR) is 140 cm³/mol. The monoisotopic (exact) mass is 484 g/mol. The number of carbonyl (C=O) groups is 2. The normalized spacial score (nSPS) is 10.7. The topological polar surface area (TPSA) is 86.8 Å². The summed E-state index contributed by atoms with van der Waals surface area (Å²) in [6.07, 6.45) is 0. The summed E-state index contributed by atoms with van der Waals surface area (Å²) in [6.45, 7) is 5.46. The molecule has 0 bridgehead atoms. The van der Waals surface area contributed by atoms with Crippen molar-refractivity contribution >= 4 is 28.5 Å². The highest BCUT2D eigenvalue weighted by atomic mass is 16.5. The Morgan fingerprint density at radius 2 is 1.56 bits per heavy atom. The second-order valence-corrected chi connectivity index (χ2v) is 8.54. The Hall–Kier alpha value is -4.39. The lowest BCUT2D eigenvalue weighted by Gasteiger charge is -2.14. The fraction of sp³-hybridized carbons (Fsp3) is 0.207. The molecule has 0 aliphatic rings. The van der Waals surface area contributed by atoms with Gasteiger partial charge in [-0.2, -0.15) is 0 Å². The van der Waals surface area contributed by atoms with E-state index >= 15 is 0 Å². The highest BCUT2D eigenvalue weighted by Gasteiger charge is 2.18. The van der Waals surface area contributed by atoms with Crippen molar-refractivity contribution in [2.24, 2.45) is 0 Å². The second kappa shape index (κ2) is 10.5. The van der Waals surface area contributed by atoms with E-state index in [1.165, 1.54) is 0 Å². The van der Waals surface area contributed by atoms with Gasteiger partial charge in [0.1, 0.15) is 0 Å². The average Bonchev–Trinajstić information content (AvgIpc) is 2.88. The molecule has 0 aliphatic heterocycles. The number of pyridine rings is 1. The number of nitrogens with zero attached hydrogens (tertiary/aromatic N) is 1. The number of para-hydroxylation sites is 1. The molecule has 1 amide bonds. The number of anilines is 1. The van der Waals surface area contributed by atoms with Crippen LogP contribution < -0.4 is 14.8 Å². The van der Waals surface area contributed by atoms with Crippen LogP contribution in [0.15, 0.2) is 60.7 Å². The molecule has 0 aliphatic carbocycles. The fourth-order valence-corrected chi connectivity index (χ4v) is 4.25. The van der Waals surface area contributed by atoms with Crippen LogP contribution in [0.1, 0.15) is 27.0 Å². The van der Waals surface area contributed by atoms with Crippen LogP contribution in [0.2, 0.25) is 0 Å². The number of ether oxygens (including phenoxy) is 3. The molecule has 7 heteroatoms. The maximum absolute atomic E-state index is 13.1. The molecule has 0 saturated heterocycles. The third kappa shape index (κ3) is 5.15. The number of rotatable bonds is 7. The van der Waals surface area contributed by atoms with Gasteiger partial charge in [0.15, 0.2) is 18.1 Å². The summed E-state index contributed by atoms with van der Waals surface area (Å²) in [4.78, 5) is 30.4. The molecule has 0 atom stereocenters. The molecular formula is C29H28N2O5. The molecule has 1 heterocycles. The van der Waals surface area contributed by atoms with Crippen LogP contribution in [-0.2, 0) is 9.53 Å². The van der Waals surface area contributed by atoms with Gasteiger partial charge in [-0.05, 0) is 62.2 Å². The molecule has 1 N–H and O–H groups in total. The summed E-state index contributed by atoms with van der Waals surface area (Å²) >= 11 is 0. The van der Waals surface area contributed by atoms with Gasteiger partial charge < -0.3 is 19.5 Å². The van der Waals surface area contributed by atoms with E-state index in [0.717, 1.165) is 27.9 Å². The maximum atomic E-state index is 13.1. The second-order valence-electron chi connectivity index (χ2n) is 8.54. The van der Waals surface area contributed by atoms with Crippen LogP contribution in [0.5, 0.6) is 11.5 Å². The zero-order valence-electron chi connectivity index (χ0n) is 21.0. The van der Waals surface area contributed by atoms with Gasteiger partial charge in [-0.1, -0.05) is 35.9 Å². The molecule has 36 heavy (non-hydrogen) atoms. The molecular weight excluding hydrogens is 456 g/mol. The highest BCUT2D eigenvalue weighted by molar-refractivity contribution is 6.05. The Balaban J connectivity index is 1.60. The molecule has 1 aromatic heterocycles. The van der Waals surface area contributed by atoms with E-state index in [-0.39, 0.29) is 0 Å². The van der Waals surface area contributed by atoms with Crippen LogP contribution in [0, 0.1) is 20.8 Å². The average molecular weight is 485 g/mol. The van der Waals surface area contributed by atoms with Gasteiger partial charge in [-0.3, -0.25) is 4.79 Å². The zero-order chi connectivity index (χ0) is 25.8. The van der Waals surface area contributed by atoms with Gasteiger partial charge >= 0.3 is 5.97 Å². The Kier molecular flexibility index (Phi) is 7.20. The van der Waals surface area contributed by atoms with Crippen molar-refractivity contribution < 1.29 is 23.8 Å². The van der Waals surface area contributed by atoms with E-state index in [0.29, 0.717) is 33.7 Å². The largest absolute Gasteiger partial charge is 0.493 e. The first kappa shape index (κ1) is 24.7. The summed E-state index contributed by atoms with van der Waals surface area (Å²) < 4.78 is 16.2. The van der Waals surface area contributed by atoms with Gasteiger partial charge in [-0.25, -0.2) is 9.78 Å². The Bertz CT molecular complexity index is 1440. The molecule has 184 valence electrons. The first-order chi connectivity index (χ1) is 17.3. The number of methoxy groups -OCH3 is 2. The van der Waals surface area contributed by atoms with Crippen LogP contribution >= 0.6 is 0 Å². The molecule has 0 radical (unpaired) electrons. The number of amides is 1. The number of aryl methyl sites for hydroxylation is 3. The van der Waals surface area contributed by atoms with Crippen LogP contribution in [0.25, 0.3) is 22.2 Å². The van der Waals surface area contributed by atoms with Crippen molar-refractivity contribution in [3.63, 3.8) is 0 Å². The molecule has 7 nitrogen and oxygen atoms in total. The van der Waals surface area contributed by atoms with E-state index in [1.54, 1.807) is 38.5 Å². The molecule has 0 fully saturated rings. The third-order valence-electron chi connectivity index (χ3n) is 5.89. The number of esters is 1. The van der Waals surface area contributed by atoms with Crippen LogP contribution in [-0.4, -0.2) is 37.7 Å². The van der Waals surface area contributed by atoms with Gasteiger partial charge in [0.05, 0.1) is 31.0 Å². The van der Waals surface area contributed by atoms with Crippen molar-refractivity contribution in [2.75, 3.05) is 26.1 Å². The molecule has 3 aromatic carbocycles. The molecule has 0 spiro atoms. The van der Waals surface area contributed by atoms with Gasteiger partial charge in [-0.15, -0.1) is 0 Å². The van der Waals surface area contributed by atoms with Crippen LogP contribution in [0.3, 0.4) is 0 Å². The molecule has 4 rings (SSSR count). The lowest BCUT2D eigenvalue weighted by Crippen LogP contribution is -2.22. The SMILES string of the molecule is COc1ccc(-c2cc(C(=O)OCC(=O)Nc3c(C)cc(C)cc3C)c3ccccc3n2)cc1OC. The minimum Gasteiger partial charge on any atom is -0.493 e. The van der Waals surface area contributed by atoms with E-state index in [4.69, 9.17) is 19.2 Å². The van der Waals surface area contributed by atoms with E-state index in [1.807, 2.05) is 57.2 Å². The van der Waals surface area contributed by atoms with Crippen molar-refractivity contribution in [3.05, 3.63) is 82.9 Å². The standard InChI is InChI=1S/C29H28N2O5/c1-17-12-18(2)28(19(3)13-17)31-27(32)16-36-29(33)22-15-24(30-23-9-7-6-8-21(22)23)20-10-11-25(34-4)26(14-20)35-5/h6-15H,16H2,1-5H3,(H,31,32). The van der Waals surface area contributed by atoms with Gasteiger partial charge in [0, 0.05) is 16.6 Å². The lowest BCUT2D eigenvalue weighted by atomic mass is 10.0. The summed E-state index contributed by atoms with van der Waals surface area (Å²) in [6, 6.07) is 18.4. The minimum atomic E-state index is -0.608. The summed E-state index contributed by atoms with van der Waals surface area (Å²) in [7, 11) is 3.13. The number of hydrogen-bond donors (Lipinski definition) is 1. The zero-order valence-corrected chi connectivity index (χ0v) is 21.0. The van der Waals surface area contributed by atoms with E-state index in [2.05, 4.69) is 5.32 Å². The number of fused-ring (bicyclic) bond motifs is 1. The predicted octanol–water partition coefficient (Wildman–Crippen LogP) is 5.64. The van der Waals surface area contributed by atoms with Crippen LogP contribution in [0.4, 0.5) is 5.69 Å². The fourth-order valence-electron chi connectivity index (χ4n) is 4.25. The Morgan fingerprint density at radius 1 is 0.861 bits per heavy atom. The maximum Gasteiger partial charge on any atom is 0.339 e. The van der Waals surface area contributed by atoms with Crippen molar-refractivity contribution in [1.29, 1.82) is 0 Å². The number of aromatic nitrogens is 1. The number of carbonyl (C=O) groups excluding carboxylic acids is 2. The van der Waals surface area contributed by atoms with E-state index < -0.39 is 18.5 Å². The van der Waals surface area contributed by atoms with Gasteiger partial charge in [0.25, 0.3) is 5.91 Å². The summed E-state index contributed by atoms with van der Waals surface area (Å²) in [5, 5.41) is 3.49. The molecule has 0 saturated carbocycles. The summed E-state index contributed by atoms with van der Waals surface area (Å²) in [5.74, 6) is 0.124. The third-order valence-corrected chi connectivity index (χ3v) is 5.89. The Labute approximate surface area is 210 Å². The minimum absolute atomic E-state index is 0.320. The smallest absolute Gasteiger partial charge is 0.339 e. The van der Waals surface area contributed by atoms with Crippen molar-refractivity contribution in [2.45, 2.75) is 20.8 Å². The number of hydrogen-bond acceptors (Lipinski definition) is 6. The summed E-state index contributed by atoms with van der Waals surface area (Å²) in [5.41, 5.74) is 6.01. The first-order valence-electron chi connectivity index (χ1n) is 11.5. The quantitative estimate of drug-likeness (QED) is 0.342. The van der Waals surface area contributed by atoms with E-state index in [9.17, 15) is 9.59 Å². The Morgan fingerprint density at radius 3 is 2.25 bits per heavy atom. The molecule has 4 aromatic rings. The van der Waals surface area contributed by atoms with Crippen molar-refractivity contribution in [1.82, 2.24) is 4.98 Å². The first-order valence-corrected chi connectivity index (χ1v) is 11.5. The van der Waals surface area contributed by atoms with Crippen molar-refractivity contribution in [3.8, 4) is 22.8 Å². The number of nitrogens with one attached hydrogen (secondary N) is 1.